The zero-order chi connectivity index (χ0) is 16.6. The highest BCUT2D eigenvalue weighted by molar-refractivity contribution is 6.31. The van der Waals surface area contributed by atoms with E-state index in [2.05, 4.69) is 23.5 Å². The molecule has 1 aliphatic heterocycles. The van der Waals surface area contributed by atoms with Gasteiger partial charge < -0.3 is 14.8 Å². The van der Waals surface area contributed by atoms with E-state index in [-0.39, 0.29) is 6.10 Å². The Labute approximate surface area is 148 Å². The fourth-order valence-electron chi connectivity index (χ4n) is 2.85. The lowest BCUT2D eigenvalue weighted by atomic mass is 10.1. The molecular weight excluding hydrogens is 322 g/mol. The molecule has 0 aromatic heterocycles. The summed E-state index contributed by atoms with van der Waals surface area (Å²) in [6.45, 7) is 2.43. The molecule has 3 nitrogen and oxygen atoms in total. The van der Waals surface area contributed by atoms with E-state index >= 15 is 0 Å². The second-order valence-corrected chi connectivity index (χ2v) is 6.50. The number of anilines is 1. The van der Waals surface area contributed by atoms with Gasteiger partial charge in [0, 0.05) is 23.9 Å². The molecule has 128 valence electrons. The Morgan fingerprint density at radius 3 is 2.71 bits per heavy atom. The van der Waals surface area contributed by atoms with Gasteiger partial charge in [0.2, 0.25) is 0 Å². The van der Waals surface area contributed by atoms with Crippen LogP contribution in [0.1, 0.15) is 24.8 Å². The van der Waals surface area contributed by atoms with Crippen molar-refractivity contribution in [2.75, 3.05) is 25.1 Å². The van der Waals surface area contributed by atoms with Gasteiger partial charge in [-0.15, -0.1) is 0 Å². The molecule has 0 amide bonds. The average molecular weight is 346 g/mol. The Balaban J connectivity index is 1.37. The van der Waals surface area contributed by atoms with Crippen LogP contribution >= 0.6 is 11.6 Å². The van der Waals surface area contributed by atoms with Crippen molar-refractivity contribution in [1.82, 2.24) is 0 Å². The Bertz CT molecular complexity index is 624. The minimum atomic E-state index is 0.257. The molecule has 2 aromatic carbocycles. The first kappa shape index (κ1) is 17.1. The fourth-order valence-corrected chi connectivity index (χ4v) is 3.08. The molecule has 0 spiro atoms. The molecule has 1 aliphatic rings. The molecular formula is C20H24ClNO2. The first-order chi connectivity index (χ1) is 11.8. The minimum absolute atomic E-state index is 0.257. The van der Waals surface area contributed by atoms with Crippen LogP contribution in [0.3, 0.4) is 0 Å². The van der Waals surface area contributed by atoms with Crippen LogP contribution in [0.15, 0.2) is 48.5 Å². The molecule has 1 fully saturated rings. The zero-order valence-corrected chi connectivity index (χ0v) is 14.6. The van der Waals surface area contributed by atoms with Gasteiger partial charge in [-0.1, -0.05) is 29.8 Å². The Morgan fingerprint density at radius 2 is 1.96 bits per heavy atom. The zero-order valence-electron chi connectivity index (χ0n) is 13.8. The summed E-state index contributed by atoms with van der Waals surface area (Å²) in [4.78, 5) is 0. The highest BCUT2D eigenvalue weighted by Gasteiger charge is 2.15. The largest absolute Gasteiger partial charge is 0.491 e. The standard InChI is InChI=1S/C20H24ClNO2/c21-20-8-2-1-5-16(20)6-3-13-22-17-9-11-18(12-10-17)24-15-19-7-4-14-23-19/h1-2,5,8-12,19,22H,3-4,6-7,13-15H2. The van der Waals surface area contributed by atoms with Crippen molar-refractivity contribution >= 4 is 17.3 Å². The fraction of sp³-hybridized carbons (Fsp3) is 0.400. The number of ether oxygens (including phenoxy) is 2. The molecule has 1 N–H and O–H groups in total. The number of aryl methyl sites for hydroxylation is 1. The SMILES string of the molecule is Clc1ccccc1CCCNc1ccc(OCC2CCCO2)cc1. The van der Waals surface area contributed by atoms with Crippen LogP contribution < -0.4 is 10.1 Å². The highest BCUT2D eigenvalue weighted by Crippen LogP contribution is 2.19. The van der Waals surface area contributed by atoms with E-state index in [1.165, 1.54) is 5.56 Å². The quantitative estimate of drug-likeness (QED) is 0.687. The summed E-state index contributed by atoms with van der Waals surface area (Å²) in [6.07, 6.45) is 4.53. The van der Waals surface area contributed by atoms with Gasteiger partial charge in [0.1, 0.15) is 12.4 Å². The summed E-state index contributed by atoms with van der Waals surface area (Å²) in [6, 6.07) is 16.1. The predicted molar refractivity (Wildman–Crippen MR) is 99.2 cm³/mol. The summed E-state index contributed by atoms with van der Waals surface area (Å²) >= 11 is 6.17. The lowest BCUT2D eigenvalue weighted by Crippen LogP contribution is -2.16. The molecule has 1 heterocycles. The Hall–Kier alpha value is -1.71. The van der Waals surface area contributed by atoms with Gasteiger partial charge in [0.15, 0.2) is 0 Å². The van der Waals surface area contributed by atoms with Crippen LogP contribution in [-0.2, 0) is 11.2 Å². The minimum Gasteiger partial charge on any atom is -0.491 e. The van der Waals surface area contributed by atoms with Crippen molar-refractivity contribution in [1.29, 1.82) is 0 Å². The molecule has 0 radical (unpaired) electrons. The lowest BCUT2D eigenvalue weighted by Gasteiger charge is -2.12. The molecule has 1 unspecified atom stereocenters. The third kappa shape index (κ3) is 5.15. The summed E-state index contributed by atoms with van der Waals surface area (Å²) in [5.41, 5.74) is 2.32. The van der Waals surface area contributed by atoms with Crippen LogP contribution in [0, 0.1) is 0 Å². The molecule has 1 atom stereocenters. The topological polar surface area (TPSA) is 30.5 Å². The van der Waals surface area contributed by atoms with E-state index in [4.69, 9.17) is 21.1 Å². The molecule has 0 bridgehead atoms. The van der Waals surface area contributed by atoms with Crippen molar-refractivity contribution in [3.05, 3.63) is 59.1 Å². The molecule has 4 heteroatoms. The van der Waals surface area contributed by atoms with Gasteiger partial charge in [-0.05, 0) is 61.6 Å². The second kappa shape index (κ2) is 8.95. The first-order valence-electron chi connectivity index (χ1n) is 8.63. The molecule has 3 rings (SSSR count). The van der Waals surface area contributed by atoms with Gasteiger partial charge in [-0.2, -0.15) is 0 Å². The maximum Gasteiger partial charge on any atom is 0.119 e. The van der Waals surface area contributed by atoms with E-state index in [1.54, 1.807) is 0 Å². The first-order valence-corrected chi connectivity index (χ1v) is 9.01. The number of benzene rings is 2. The van der Waals surface area contributed by atoms with Crippen molar-refractivity contribution in [3.63, 3.8) is 0 Å². The van der Waals surface area contributed by atoms with Crippen LogP contribution in [0.25, 0.3) is 0 Å². The van der Waals surface area contributed by atoms with E-state index in [9.17, 15) is 0 Å². The van der Waals surface area contributed by atoms with Crippen LogP contribution in [-0.4, -0.2) is 25.9 Å². The van der Waals surface area contributed by atoms with Gasteiger partial charge in [-0.3, -0.25) is 0 Å². The maximum atomic E-state index is 6.17. The monoisotopic (exact) mass is 345 g/mol. The predicted octanol–water partition coefficient (Wildman–Crippen LogP) is 4.94. The molecule has 24 heavy (non-hydrogen) atoms. The van der Waals surface area contributed by atoms with Crippen molar-refractivity contribution in [2.24, 2.45) is 0 Å². The van der Waals surface area contributed by atoms with E-state index in [1.807, 2.05) is 30.3 Å². The van der Waals surface area contributed by atoms with E-state index < -0.39 is 0 Å². The number of hydrogen-bond acceptors (Lipinski definition) is 3. The summed E-state index contributed by atoms with van der Waals surface area (Å²) in [5.74, 6) is 0.895. The van der Waals surface area contributed by atoms with Gasteiger partial charge in [0.05, 0.1) is 6.10 Å². The second-order valence-electron chi connectivity index (χ2n) is 6.09. The normalized spacial score (nSPS) is 17.0. The van der Waals surface area contributed by atoms with Gasteiger partial charge in [-0.25, -0.2) is 0 Å². The van der Waals surface area contributed by atoms with Crippen molar-refractivity contribution < 1.29 is 9.47 Å². The van der Waals surface area contributed by atoms with Gasteiger partial charge >= 0.3 is 0 Å². The Kier molecular flexibility index (Phi) is 6.39. The third-order valence-corrected chi connectivity index (χ3v) is 4.59. The van der Waals surface area contributed by atoms with Crippen LogP contribution in [0.5, 0.6) is 5.75 Å². The molecule has 0 aliphatic carbocycles. The highest BCUT2D eigenvalue weighted by atomic mass is 35.5. The smallest absolute Gasteiger partial charge is 0.119 e. The summed E-state index contributed by atoms with van der Waals surface area (Å²) in [5, 5.41) is 4.29. The third-order valence-electron chi connectivity index (χ3n) is 4.22. The summed E-state index contributed by atoms with van der Waals surface area (Å²) in [7, 11) is 0. The number of hydrogen-bond donors (Lipinski definition) is 1. The molecule has 2 aromatic rings. The number of rotatable bonds is 8. The van der Waals surface area contributed by atoms with E-state index in [0.29, 0.717) is 6.61 Å². The van der Waals surface area contributed by atoms with Crippen LogP contribution in [0.2, 0.25) is 5.02 Å². The van der Waals surface area contributed by atoms with E-state index in [0.717, 1.165) is 55.3 Å². The van der Waals surface area contributed by atoms with Gasteiger partial charge in [0.25, 0.3) is 0 Å². The number of nitrogens with one attached hydrogen (secondary N) is 1. The van der Waals surface area contributed by atoms with Crippen molar-refractivity contribution in [2.45, 2.75) is 31.8 Å². The maximum absolute atomic E-state index is 6.17. The Morgan fingerprint density at radius 1 is 1.12 bits per heavy atom. The molecule has 0 saturated carbocycles. The lowest BCUT2D eigenvalue weighted by molar-refractivity contribution is 0.0679. The summed E-state index contributed by atoms with van der Waals surface area (Å²) < 4.78 is 11.3. The molecule has 1 saturated heterocycles. The number of halogens is 1. The van der Waals surface area contributed by atoms with Crippen LogP contribution in [0.4, 0.5) is 5.69 Å². The average Bonchev–Trinajstić information content (AvgIpc) is 3.13. The van der Waals surface area contributed by atoms with Crippen molar-refractivity contribution in [3.8, 4) is 5.75 Å².